The van der Waals surface area contributed by atoms with Crippen LogP contribution in [0.5, 0.6) is 17.2 Å². The first-order valence-electron chi connectivity index (χ1n) is 8.41. The molecule has 158 valence electrons. The van der Waals surface area contributed by atoms with E-state index in [9.17, 15) is 15.0 Å². The predicted octanol–water partition coefficient (Wildman–Crippen LogP) is 4.20. The molecule has 1 atom stereocenters. The van der Waals surface area contributed by atoms with Crippen molar-refractivity contribution in [2.24, 2.45) is 0 Å². The van der Waals surface area contributed by atoms with Gasteiger partial charge in [-0.2, -0.15) is 0 Å². The number of phenols is 1. The second kappa shape index (κ2) is 11.8. The van der Waals surface area contributed by atoms with Gasteiger partial charge in [-0.3, -0.25) is 10.1 Å². The van der Waals surface area contributed by atoms with E-state index in [2.05, 4.69) is 50.5 Å². The van der Waals surface area contributed by atoms with Crippen molar-refractivity contribution in [2.75, 3.05) is 20.8 Å². The summed E-state index contributed by atoms with van der Waals surface area (Å²) >= 11 is 6.38. The molecule has 0 aliphatic heterocycles. The van der Waals surface area contributed by atoms with Gasteiger partial charge in [0.2, 0.25) is 0 Å². The molecule has 7 nitrogen and oxygen atoms in total. The third-order valence-electron chi connectivity index (χ3n) is 3.99. The molecule has 1 unspecified atom stereocenters. The first-order valence-corrected chi connectivity index (χ1v) is 11.6. The van der Waals surface area contributed by atoms with E-state index < -0.39 is 18.3 Å². The molecule has 0 saturated heterocycles. The fourth-order valence-electron chi connectivity index (χ4n) is 2.48. The highest BCUT2D eigenvalue weighted by atomic mass is 127. The molecule has 0 heterocycles. The van der Waals surface area contributed by atoms with E-state index in [0.717, 1.165) is 12.7 Å². The number of nitrogens with one attached hydrogen (secondary N) is 1. The molecule has 0 amide bonds. The van der Waals surface area contributed by atoms with E-state index in [-0.39, 0.29) is 12.3 Å². The van der Waals surface area contributed by atoms with Gasteiger partial charge in [-0.25, -0.2) is 0 Å². The lowest BCUT2D eigenvalue weighted by Gasteiger charge is -2.19. The molecule has 0 saturated carbocycles. The number of benzene rings is 2. The summed E-state index contributed by atoms with van der Waals surface area (Å²) < 4.78 is 18.6. The summed E-state index contributed by atoms with van der Waals surface area (Å²) in [6.45, 7) is 0.263. The zero-order valence-electron chi connectivity index (χ0n) is 15.6. The van der Waals surface area contributed by atoms with Crippen LogP contribution in [0, 0.1) is 10.7 Å². The highest BCUT2D eigenvalue weighted by molar-refractivity contribution is 14.1. The van der Waals surface area contributed by atoms with Crippen LogP contribution >= 0.6 is 67.8 Å². The van der Waals surface area contributed by atoms with Crippen molar-refractivity contribution in [1.29, 1.82) is 0 Å². The minimum atomic E-state index is -0.944. The number of methoxy groups -OCH3 is 2. The summed E-state index contributed by atoms with van der Waals surface area (Å²) in [6, 6.07) is 8.07. The van der Waals surface area contributed by atoms with Crippen LogP contribution < -0.4 is 10.1 Å². The molecule has 2 aromatic carbocycles. The Balaban J connectivity index is 2.15. The number of hydrogen-bond donors (Lipinski definition) is 3. The monoisotopic (exact) mass is 739 g/mol. The molecular weight excluding hydrogens is 719 g/mol. The van der Waals surface area contributed by atoms with Crippen LogP contribution in [-0.4, -0.2) is 49.3 Å². The summed E-state index contributed by atoms with van der Waals surface area (Å²) in [4.78, 5) is 11.6. The van der Waals surface area contributed by atoms with Crippen molar-refractivity contribution >= 4 is 73.7 Å². The predicted molar refractivity (Wildman–Crippen MR) is 134 cm³/mol. The quantitative estimate of drug-likeness (QED) is 0.249. The van der Waals surface area contributed by atoms with E-state index >= 15 is 0 Å². The number of rotatable bonds is 10. The number of carboxylic acid groups (broad SMARTS) is 1. The fraction of sp³-hybridized carbons (Fsp3) is 0.316. The van der Waals surface area contributed by atoms with Crippen molar-refractivity contribution in [3.8, 4) is 17.2 Å². The number of hydrogen-bond acceptors (Lipinski definition) is 6. The number of carbonyl (C=O) groups is 1. The second-order valence-corrected chi connectivity index (χ2v) is 9.49. The van der Waals surface area contributed by atoms with Crippen LogP contribution in [0.25, 0.3) is 0 Å². The molecule has 0 aliphatic carbocycles. The smallest absolute Gasteiger partial charge is 0.321 e. The van der Waals surface area contributed by atoms with Gasteiger partial charge in [0.25, 0.3) is 0 Å². The van der Waals surface area contributed by atoms with E-state index in [1.165, 1.54) is 14.2 Å². The second-order valence-electron chi connectivity index (χ2n) is 6.01. The van der Waals surface area contributed by atoms with E-state index in [0.29, 0.717) is 21.5 Å². The van der Waals surface area contributed by atoms with Gasteiger partial charge in [0.1, 0.15) is 17.5 Å². The number of carboxylic acids is 1. The Hall–Kier alpha value is -0.420. The van der Waals surface area contributed by atoms with E-state index in [1.807, 2.05) is 34.7 Å². The Labute approximate surface area is 209 Å². The van der Waals surface area contributed by atoms with Gasteiger partial charge in [0.05, 0.1) is 10.7 Å². The van der Waals surface area contributed by atoms with Gasteiger partial charge in [0, 0.05) is 20.8 Å². The normalized spacial score (nSPS) is 12.2. The molecule has 2 aromatic rings. The SMILES string of the molecule is COC(CNC(Cc1cc(I)c(Oc2ccc(O)c(I)c2)c(I)c1)C(=O)O)OC. The van der Waals surface area contributed by atoms with Gasteiger partial charge >= 0.3 is 5.97 Å². The number of aromatic hydroxyl groups is 1. The molecule has 10 heteroatoms. The summed E-state index contributed by atoms with van der Waals surface area (Å²) in [5, 5.41) is 22.2. The Morgan fingerprint density at radius 1 is 1.07 bits per heavy atom. The number of halogens is 3. The molecule has 0 aliphatic rings. The lowest BCUT2D eigenvalue weighted by molar-refractivity contribution is -0.140. The summed E-state index contributed by atoms with van der Waals surface area (Å²) in [7, 11) is 3.01. The first-order chi connectivity index (χ1) is 13.7. The average Bonchev–Trinajstić information content (AvgIpc) is 2.67. The van der Waals surface area contributed by atoms with Gasteiger partial charge in [-0.15, -0.1) is 0 Å². The van der Waals surface area contributed by atoms with Crippen LogP contribution in [0.15, 0.2) is 30.3 Å². The third kappa shape index (κ3) is 7.34. The maximum Gasteiger partial charge on any atom is 0.321 e. The van der Waals surface area contributed by atoms with Crippen LogP contribution in [0.1, 0.15) is 5.56 Å². The molecule has 0 fully saturated rings. The van der Waals surface area contributed by atoms with Crippen molar-refractivity contribution in [3.05, 3.63) is 46.6 Å². The minimum absolute atomic E-state index is 0.203. The standard InChI is InChI=1S/C19H20I3NO6/c1-27-17(28-2)9-23-15(19(25)26)7-10-5-13(21)18(14(22)6-10)29-11-3-4-16(24)12(20)8-11/h3-6,8,15,17,23-24H,7,9H2,1-2H3,(H,25,26). The van der Waals surface area contributed by atoms with Gasteiger partial charge in [0.15, 0.2) is 12.0 Å². The van der Waals surface area contributed by atoms with E-state index in [1.54, 1.807) is 18.2 Å². The molecular formula is C19H20I3NO6. The Bertz CT molecular complexity index is 837. The Morgan fingerprint density at radius 3 is 2.21 bits per heavy atom. The Morgan fingerprint density at radius 2 is 1.69 bits per heavy atom. The van der Waals surface area contributed by atoms with Crippen LogP contribution in [-0.2, 0) is 20.7 Å². The van der Waals surface area contributed by atoms with Crippen molar-refractivity contribution < 1.29 is 29.2 Å². The summed E-state index contributed by atoms with van der Waals surface area (Å²) in [6.07, 6.45) is -0.209. The molecule has 0 aromatic heterocycles. The van der Waals surface area contributed by atoms with Crippen molar-refractivity contribution in [2.45, 2.75) is 18.8 Å². The number of aliphatic carboxylic acids is 1. The largest absolute Gasteiger partial charge is 0.507 e. The highest BCUT2D eigenvalue weighted by Crippen LogP contribution is 2.35. The molecule has 0 bridgehead atoms. The van der Waals surface area contributed by atoms with Gasteiger partial charge in [-0.05, 0) is 110 Å². The number of phenolic OH excluding ortho intramolecular Hbond substituents is 1. The van der Waals surface area contributed by atoms with Crippen LogP contribution in [0.2, 0.25) is 0 Å². The summed E-state index contributed by atoms with van der Waals surface area (Å²) in [5.74, 6) is 0.565. The van der Waals surface area contributed by atoms with Gasteiger partial charge in [-0.1, -0.05) is 0 Å². The van der Waals surface area contributed by atoms with Gasteiger partial charge < -0.3 is 24.4 Å². The summed E-state index contributed by atoms with van der Waals surface area (Å²) in [5.41, 5.74) is 0.873. The number of ether oxygens (including phenoxy) is 3. The first kappa shape index (κ1) is 24.8. The highest BCUT2D eigenvalue weighted by Gasteiger charge is 2.21. The van der Waals surface area contributed by atoms with E-state index in [4.69, 9.17) is 14.2 Å². The lowest BCUT2D eigenvalue weighted by Crippen LogP contribution is -2.43. The fourth-order valence-corrected chi connectivity index (χ4v) is 5.08. The zero-order chi connectivity index (χ0) is 21.6. The molecule has 0 spiro atoms. The van der Waals surface area contributed by atoms with Crippen LogP contribution in [0.3, 0.4) is 0 Å². The van der Waals surface area contributed by atoms with Crippen molar-refractivity contribution in [1.82, 2.24) is 5.32 Å². The van der Waals surface area contributed by atoms with Crippen LogP contribution in [0.4, 0.5) is 0 Å². The maximum absolute atomic E-state index is 11.6. The Kier molecular flexibility index (Phi) is 10.1. The zero-order valence-corrected chi connectivity index (χ0v) is 22.1. The molecule has 0 radical (unpaired) electrons. The molecule has 2 rings (SSSR count). The lowest BCUT2D eigenvalue weighted by atomic mass is 10.1. The molecule has 3 N–H and O–H groups in total. The minimum Gasteiger partial charge on any atom is -0.507 e. The molecule has 29 heavy (non-hydrogen) atoms. The van der Waals surface area contributed by atoms with Crippen molar-refractivity contribution in [3.63, 3.8) is 0 Å². The third-order valence-corrected chi connectivity index (χ3v) is 6.46. The topological polar surface area (TPSA) is 97.2 Å². The average molecular weight is 739 g/mol. The maximum atomic E-state index is 11.6.